The molecule has 0 saturated carbocycles. The van der Waals surface area contributed by atoms with Crippen LogP contribution in [0.4, 0.5) is 0 Å². The molecular weight excluding hydrogens is 814 g/mol. The summed E-state index contributed by atoms with van der Waals surface area (Å²) >= 11 is 7.40. The lowest BCUT2D eigenvalue weighted by Crippen LogP contribution is -2.70. The van der Waals surface area contributed by atoms with E-state index in [4.69, 9.17) is 54.2 Å². The Balaban J connectivity index is 1.37. The standard InChI is InChI=1S/C41H40ClNO15S/c1-20(44)50-18-29-33(52-21(2)45)35(53-22(3)46)36(54-23(4)47)40(55-29)58-34-31(43-37(48)27-12-8-9-13-28(27)38(43)49)41(59-26-16-14-25(42)15-17-26)56-30-19-51-39(57-32(30)34)24-10-6-5-7-11-24/h5-17,29-36,39-41H,18-19H2,1-4H3/t29-,30-,31-,32-,33+,34-,35+,36-,39?,40+,41+/m1/s1. The zero-order chi connectivity index (χ0) is 42.0. The van der Waals surface area contributed by atoms with E-state index >= 15 is 0 Å². The third kappa shape index (κ3) is 9.31. The average molecular weight is 854 g/mol. The number of thioether (sulfide) groups is 1. The first-order valence-corrected chi connectivity index (χ1v) is 19.9. The molecule has 0 bridgehead atoms. The van der Waals surface area contributed by atoms with Crippen LogP contribution in [0, 0.1) is 0 Å². The van der Waals surface area contributed by atoms with E-state index in [0.29, 0.717) is 15.5 Å². The highest BCUT2D eigenvalue weighted by Crippen LogP contribution is 2.45. The lowest BCUT2D eigenvalue weighted by molar-refractivity contribution is -0.360. The van der Waals surface area contributed by atoms with Crippen molar-refractivity contribution in [1.82, 2.24) is 4.90 Å². The number of ether oxygens (including phenoxy) is 9. The Labute approximate surface area is 347 Å². The van der Waals surface area contributed by atoms with Crippen LogP contribution in [0.15, 0.2) is 83.8 Å². The van der Waals surface area contributed by atoms with Crippen LogP contribution in [0.2, 0.25) is 5.02 Å². The molecule has 3 aromatic rings. The Morgan fingerprint density at radius 3 is 1.92 bits per heavy atom. The highest BCUT2D eigenvalue weighted by Gasteiger charge is 2.60. The third-order valence-electron chi connectivity index (χ3n) is 9.81. The number of halogens is 1. The summed E-state index contributed by atoms with van der Waals surface area (Å²) in [6.07, 6.45) is -12.1. The van der Waals surface area contributed by atoms with Crippen LogP contribution in [0.3, 0.4) is 0 Å². The van der Waals surface area contributed by atoms with Gasteiger partial charge in [0.15, 0.2) is 30.9 Å². The number of carbonyl (C=O) groups excluding carboxylic acids is 6. The molecule has 59 heavy (non-hydrogen) atoms. The van der Waals surface area contributed by atoms with Crippen molar-refractivity contribution in [3.05, 3.63) is 101 Å². The van der Waals surface area contributed by atoms with Crippen molar-refractivity contribution < 1.29 is 71.4 Å². The summed E-state index contributed by atoms with van der Waals surface area (Å²) < 4.78 is 55.0. The molecule has 3 aromatic carbocycles. The van der Waals surface area contributed by atoms with E-state index in [9.17, 15) is 28.8 Å². The largest absolute Gasteiger partial charge is 0.463 e. The highest BCUT2D eigenvalue weighted by atomic mass is 35.5. The fourth-order valence-electron chi connectivity index (χ4n) is 7.44. The first-order chi connectivity index (χ1) is 28.3. The van der Waals surface area contributed by atoms with Gasteiger partial charge in [-0.15, -0.1) is 0 Å². The van der Waals surface area contributed by atoms with Gasteiger partial charge in [0.05, 0.1) is 17.7 Å². The van der Waals surface area contributed by atoms with Crippen LogP contribution in [0.5, 0.6) is 0 Å². The molecule has 1 unspecified atom stereocenters. The SMILES string of the molecule is CC(=O)OC[C@H]1O[C@@H](O[C@H]2[C@@H]3OC(c4ccccc4)OC[C@H]3O[C@@H](Sc3ccc(Cl)cc3)[C@@H]2N2C(=O)c3ccccc3C2=O)[C@H](OC(C)=O)[C@@H](OC(C)=O)[C@H]1OC(C)=O. The number of rotatable bonds is 11. The quantitative estimate of drug-likeness (QED) is 0.150. The number of hydrogen-bond acceptors (Lipinski definition) is 16. The Hall–Kier alpha value is -4.88. The molecule has 18 heteroatoms. The van der Waals surface area contributed by atoms with Crippen molar-refractivity contribution in [2.45, 2.75) is 99.4 Å². The van der Waals surface area contributed by atoms with E-state index in [2.05, 4.69) is 0 Å². The number of hydrogen-bond donors (Lipinski definition) is 0. The third-order valence-corrected chi connectivity index (χ3v) is 11.2. The number of nitrogens with zero attached hydrogens (tertiary/aromatic N) is 1. The lowest BCUT2D eigenvalue weighted by Gasteiger charge is -2.52. The first kappa shape index (κ1) is 42.3. The van der Waals surface area contributed by atoms with Crippen LogP contribution in [-0.2, 0) is 61.8 Å². The summed E-state index contributed by atoms with van der Waals surface area (Å²) in [4.78, 5) is 80.4. The van der Waals surface area contributed by atoms with Gasteiger partial charge in [-0.2, -0.15) is 0 Å². The Morgan fingerprint density at radius 1 is 0.712 bits per heavy atom. The molecule has 11 atom stereocenters. The molecule has 4 heterocycles. The molecule has 3 saturated heterocycles. The fourth-order valence-corrected chi connectivity index (χ4v) is 8.74. The predicted molar refractivity (Wildman–Crippen MR) is 204 cm³/mol. The van der Waals surface area contributed by atoms with Crippen molar-refractivity contribution in [2.24, 2.45) is 0 Å². The smallest absolute Gasteiger partial charge is 0.303 e. The molecule has 0 aliphatic carbocycles. The highest BCUT2D eigenvalue weighted by molar-refractivity contribution is 7.99. The average Bonchev–Trinajstić information content (AvgIpc) is 3.45. The number of amides is 2. The maximum absolute atomic E-state index is 14.4. The zero-order valence-corrected chi connectivity index (χ0v) is 33.7. The van der Waals surface area contributed by atoms with Crippen LogP contribution < -0.4 is 0 Å². The zero-order valence-electron chi connectivity index (χ0n) is 32.1. The summed E-state index contributed by atoms with van der Waals surface area (Å²) in [6, 6.07) is 20.9. The van der Waals surface area contributed by atoms with Crippen LogP contribution in [0.25, 0.3) is 0 Å². The molecule has 3 fully saturated rings. The van der Waals surface area contributed by atoms with Gasteiger partial charge in [0.25, 0.3) is 11.8 Å². The Kier molecular flexibility index (Phi) is 13.0. The van der Waals surface area contributed by atoms with E-state index in [1.165, 1.54) is 23.9 Å². The first-order valence-electron chi connectivity index (χ1n) is 18.6. The molecule has 0 radical (unpaired) electrons. The maximum atomic E-state index is 14.4. The van der Waals surface area contributed by atoms with Crippen molar-refractivity contribution in [3.63, 3.8) is 0 Å². The monoisotopic (exact) mass is 853 g/mol. The van der Waals surface area contributed by atoms with Crippen molar-refractivity contribution in [1.29, 1.82) is 0 Å². The minimum Gasteiger partial charge on any atom is -0.463 e. The van der Waals surface area contributed by atoms with Gasteiger partial charge in [0.2, 0.25) is 0 Å². The summed E-state index contributed by atoms with van der Waals surface area (Å²) in [5.74, 6) is -4.49. The number of esters is 4. The number of imide groups is 1. The molecule has 4 aliphatic rings. The van der Waals surface area contributed by atoms with Crippen molar-refractivity contribution >= 4 is 59.1 Å². The molecule has 16 nitrogen and oxygen atoms in total. The molecular formula is C41H40ClNO15S. The second-order valence-electron chi connectivity index (χ2n) is 14.0. The molecule has 0 aromatic heterocycles. The number of fused-ring (bicyclic) bond motifs is 2. The normalized spacial score (nSPS) is 30.1. The molecule has 312 valence electrons. The number of carbonyl (C=O) groups is 6. The molecule has 0 N–H and O–H groups in total. The number of benzene rings is 3. The van der Waals surface area contributed by atoms with Gasteiger partial charge in [-0.05, 0) is 36.4 Å². The van der Waals surface area contributed by atoms with E-state index < -0.39 is 109 Å². The van der Waals surface area contributed by atoms with Gasteiger partial charge in [0, 0.05) is 43.2 Å². The molecule has 4 aliphatic heterocycles. The molecule has 2 amide bonds. The van der Waals surface area contributed by atoms with Crippen molar-refractivity contribution in [3.8, 4) is 0 Å². The molecule has 7 rings (SSSR count). The van der Waals surface area contributed by atoms with E-state index in [-0.39, 0.29) is 17.7 Å². The van der Waals surface area contributed by atoms with Gasteiger partial charge < -0.3 is 42.6 Å². The Morgan fingerprint density at radius 2 is 1.31 bits per heavy atom. The summed E-state index contributed by atoms with van der Waals surface area (Å²) in [5, 5.41) is 0.474. The summed E-state index contributed by atoms with van der Waals surface area (Å²) in [7, 11) is 0. The maximum Gasteiger partial charge on any atom is 0.303 e. The van der Waals surface area contributed by atoms with Gasteiger partial charge in [-0.3, -0.25) is 33.7 Å². The lowest BCUT2D eigenvalue weighted by atomic mass is 9.94. The topological polar surface area (TPSA) is 189 Å². The minimum atomic E-state index is -1.71. The summed E-state index contributed by atoms with van der Waals surface area (Å²) in [5.41, 5.74) is -0.116. The van der Waals surface area contributed by atoms with Gasteiger partial charge in [-0.25, -0.2) is 0 Å². The van der Waals surface area contributed by atoms with Crippen LogP contribution in [-0.4, -0.2) is 114 Å². The van der Waals surface area contributed by atoms with Gasteiger partial charge in [0.1, 0.15) is 42.5 Å². The van der Waals surface area contributed by atoms with E-state index in [1.54, 1.807) is 60.7 Å². The van der Waals surface area contributed by atoms with Gasteiger partial charge >= 0.3 is 23.9 Å². The summed E-state index contributed by atoms with van der Waals surface area (Å²) in [6.45, 7) is 3.91. The second kappa shape index (κ2) is 18.2. The van der Waals surface area contributed by atoms with E-state index in [0.717, 1.165) is 32.6 Å². The Bertz CT molecular complexity index is 2040. The van der Waals surface area contributed by atoms with Gasteiger partial charge in [-0.1, -0.05) is 65.8 Å². The predicted octanol–water partition coefficient (Wildman–Crippen LogP) is 4.40. The minimum absolute atomic E-state index is 0.0326. The second-order valence-corrected chi connectivity index (χ2v) is 15.6. The van der Waals surface area contributed by atoms with E-state index in [1.807, 2.05) is 6.07 Å². The molecule has 0 spiro atoms. The fraction of sp³-hybridized carbons (Fsp3) is 0.415. The van der Waals surface area contributed by atoms with Crippen LogP contribution >= 0.6 is 23.4 Å². The van der Waals surface area contributed by atoms with Crippen molar-refractivity contribution in [2.75, 3.05) is 13.2 Å². The van der Waals surface area contributed by atoms with Crippen LogP contribution in [0.1, 0.15) is 60.3 Å².